The molecule has 0 aliphatic carbocycles. The van der Waals surface area contributed by atoms with Crippen LogP contribution in [-0.2, 0) is 16.1 Å². The van der Waals surface area contributed by atoms with Gasteiger partial charge >= 0.3 is 0 Å². The number of halogens is 1. The van der Waals surface area contributed by atoms with E-state index in [1.807, 2.05) is 70.2 Å². The molecule has 0 radical (unpaired) electrons. The molecule has 0 saturated carbocycles. The zero-order valence-electron chi connectivity index (χ0n) is 18.9. The Labute approximate surface area is 190 Å². The first kappa shape index (κ1) is 24.7. The molecule has 0 aliphatic heterocycles. The molecule has 1 unspecified atom stereocenters. The van der Waals surface area contributed by atoms with Gasteiger partial charge in [0.2, 0.25) is 11.8 Å². The van der Waals surface area contributed by atoms with E-state index in [9.17, 15) is 9.59 Å². The topological polar surface area (TPSA) is 58.6 Å². The molecule has 0 spiro atoms. The van der Waals surface area contributed by atoms with Crippen molar-refractivity contribution in [2.75, 3.05) is 6.61 Å². The number of aryl methyl sites for hydroxylation is 1. The average molecular weight is 445 g/mol. The zero-order chi connectivity index (χ0) is 22.8. The molecular weight excluding hydrogens is 412 g/mol. The van der Waals surface area contributed by atoms with Gasteiger partial charge in [0, 0.05) is 24.0 Å². The summed E-state index contributed by atoms with van der Waals surface area (Å²) in [5, 5.41) is 3.52. The van der Waals surface area contributed by atoms with E-state index in [0.29, 0.717) is 37.4 Å². The van der Waals surface area contributed by atoms with Crippen molar-refractivity contribution in [1.29, 1.82) is 0 Å². The van der Waals surface area contributed by atoms with Crippen molar-refractivity contribution in [2.24, 2.45) is 0 Å². The van der Waals surface area contributed by atoms with Crippen molar-refractivity contribution in [3.63, 3.8) is 0 Å². The first-order valence-electron chi connectivity index (χ1n) is 10.8. The van der Waals surface area contributed by atoms with Gasteiger partial charge in [-0.3, -0.25) is 9.59 Å². The maximum absolute atomic E-state index is 13.2. The fraction of sp³-hybridized carbons (Fsp3) is 0.440. The molecule has 0 bridgehead atoms. The summed E-state index contributed by atoms with van der Waals surface area (Å²) >= 11 is 6.33. The van der Waals surface area contributed by atoms with E-state index in [4.69, 9.17) is 16.3 Å². The minimum absolute atomic E-state index is 0.00160. The molecule has 168 valence electrons. The third-order valence-corrected chi connectivity index (χ3v) is 5.31. The molecule has 0 aliphatic rings. The van der Waals surface area contributed by atoms with Crippen LogP contribution >= 0.6 is 11.6 Å². The van der Waals surface area contributed by atoms with Crippen molar-refractivity contribution in [2.45, 2.75) is 65.6 Å². The van der Waals surface area contributed by atoms with Gasteiger partial charge in [0.15, 0.2) is 0 Å². The van der Waals surface area contributed by atoms with Gasteiger partial charge in [-0.25, -0.2) is 0 Å². The molecule has 31 heavy (non-hydrogen) atoms. The Kier molecular flexibility index (Phi) is 9.86. The number of rotatable bonds is 11. The van der Waals surface area contributed by atoms with E-state index in [1.165, 1.54) is 5.56 Å². The Morgan fingerprint density at radius 2 is 1.77 bits per heavy atom. The third kappa shape index (κ3) is 7.91. The van der Waals surface area contributed by atoms with Gasteiger partial charge in [-0.15, -0.1) is 0 Å². The number of benzene rings is 2. The summed E-state index contributed by atoms with van der Waals surface area (Å²) in [6.45, 7) is 8.49. The fourth-order valence-corrected chi connectivity index (χ4v) is 3.50. The molecule has 2 aromatic carbocycles. The first-order valence-corrected chi connectivity index (χ1v) is 11.2. The second kappa shape index (κ2) is 12.4. The Morgan fingerprint density at radius 1 is 1.10 bits per heavy atom. The lowest BCUT2D eigenvalue weighted by Crippen LogP contribution is -2.50. The van der Waals surface area contributed by atoms with Crippen LogP contribution in [0.5, 0.6) is 5.75 Å². The van der Waals surface area contributed by atoms with E-state index < -0.39 is 6.04 Å². The monoisotopic (exact) mass is 444 g/mol. The van der Waals surface area contributed by atoms with Gasteiger partial charge in [-0.1, -0.05) is 54.4 Å². The van der Waals surface area contributed by atoms with E-state index >= 15 is 0 Å². The van der Waals surface area contributed by atoms with Crippen molar-refractivity contribution < 1.29 is 14.3 Å². The SMILES string of the molecule is CCC(C(=O)NC(C)C)N(Cc1ccccc1Cl)C(=O)CCCOc1ccc(C)cc1. The summed E-state index contributed by atoms with van der Waals surface area (Å²) in [6.07, 6.45) is 1.38. The summed E-state index contributed by atoms with van der Waals surface area (Å²) in [5.41, 5.74) is 1.99. The summed E-state index contributed by atoms with van der Waals surface area (Å²) in [5.74, 6) is 0.556. The van der Waals surface area contributed by atoms with Gasteiger partial charge in [-0.2, -0.15) is 0 Å². The Balaban J connectivity index is 2.06. The van der Waals surface area contributed by atoms with Crippen LogP contribution < -0.4 is 10.1 Å². The Hall–Kier alpha value is -2.53. The molecular formula is C25H33ClN2O3. The summed E-state index contributed by atoms with van der Waals surface area (Å²) in [6, 6.07) is 14.7. The molecule has 2 aromatic rings. The normalized spacial score (nSPS) is 11.8. The summed E-state index contributed by atoms with van der Waals surface area (Å²) in [7, 11) is 0. The molecule has 0 aromatic heterocycles. The molecule has 1 atom stereocenters. The summed E-state index contributed by atoms with van der Waals surface area (Å²) in [4.78, 5) is 27.6. The van der Waals surface area contributed by atoms with Crippen molar-refractivity contribution in [3.05, 3.63) is 64.7 Å². The number of nitrogens with zero attached hydrogens (tertiary/aromatic N) is 1. The number of carbonyl (C=O) groups excluding carboxylic acids is 2. The molecule has 0 fully saturated rings. The minimum atomic E-state index is -0.552. The Bertz CT molecular complexity index is 852. The van der Waals surface area contributed by atoms with Crippen molar-refractivity contribution >= 4 is 23.4 Å². The van der Waals surface area contributed by atoms with E-state index in [1.54, 1.807) is 11.0 Å². The van der Waals surface area contributed by atoms with Crippen LogP contribution in [0, 0.1) is 6.92 Å². The second-order valence-corrected chi connectivity index (χ2v) is 8.37. The second-order valence-electron chi connectivity index (χ2n) is 7.97. The van der Waals surface area contributed by atoms with Gasteiger partial charge in [0.25, 0.3) is 0 Å². The van der Waals surface area contributed by atoms with E-state index in [0.717, 1.165) is 11.3 Å². The van der Waals surface area contributed by atoms with Crippen LogP contribution in [0.2, 0.25) is 5.02 Å². The predicted molar refractivity (Wildman–Crippen MR) is 125 cm³/mol. The maximum Gasteiger partial charge on any atom is 0.243 e. The third-order valence-electron chi connectivity index (χ3n) is 4.94. The molecule has 0 saturated heterocycles. The number of hydrogen-bond donors (Lipinski definition) is 1. The quantitative estimate of drug-likeness (QED) is 0.488. The average Bonchev–Trinajstić information content (AvgIpc) is 2.73. The van der Waals surface area contributed by atoms with Gasteiger partial charge < -0.3 is 15.0 Å². The maximum atomic E-state index is 13.2. The number of ether oxygens (including phenoxy) is 1. The Morgan fingerprint density at radius 3 is 2.39 bits per heavy atom. The zero-order valence-corrected chi connectivity index (χ0v) is 19.6. The number of carbonyl (C=O) groups is 2. The summed E-state index contributed by atoms with van der Waals surface area (Å²) < 4.78 is 5.74. The minimum Gasteiger partial charge on any atom is -0.494 e. The van der Waals surface area contributed by atoms with Gasteiger partial charge in [0.05, 0.1) is 6.61 Å². The molecule has 6 heteroatoms. The van der Waals surface area contributed by atoms with Crippen LogP contribution in [0.3, 0.4) is 0 Å². The van der Waals surface area contributed by atoms with Crippen LogP contribution in [-0.4, -0.2) is 35.4 Å². The van der Waals surface area contributed by atoms with Crippen LogP contribution in [0.1, 0.15) is 51.2 Å². The molecule has 0 heterocycles. The lowest BCUT2D eigenvalue weighted by molar-refractivity contribution is -0.141. The molecule has 1 N–H and O–H groups in total. The van der Waals surface area contributed by atoms with Crippen LogP contribution in [0.25, 0.3) is 0 Å². The van der Waals surface area contributed by atoms with Gasteiger partial charge in [-0.05, 0) is 57.4 Å². The van der Waals surface area contributed by atoms with Crippen LogP contribution in [0.15, 0.2) is 48.5 Å². The highest BCUT2D eigenvalue weighted by molar-refractivity contribution is 6.31. The van der Waals surface area contributed by atoms with Crippen molar-refractivity contribution in [1.82, 2.24) is 10.2 Å². The van der Waals surface area contributed by atoms with Gasteiger partial charge in [0.1, 0.15) is 11.8 Å². The van der Waals surface area contributed by atoms with Crippen molar-refractivity contribution in [3.8, 4) is 5.75 Å². The van der Waals surface area contributed by atoms with E-state index in [2.05, 4.69) is 5.32 Å². The predicted octanol–water partition coefficient (Wildman–Crippen LogP) is 5.14. The number of amides is 2. The number of hydrogen-bond acceptors (Lipinski definition) is 3. The highest BCUT2D eigenvalue weighted by atomic mass is 35.5. The molecule has 2 amide bonds. The lowest BCUT2D eigenvalue weighted by Gasteiger charge is -2.31. The fourth-order valence-electron chi connectivity index (χ4n) is 3.30. The highest BCUT2D eigenvalue weighted by Gasteiger charge is 2.29. The van der Waals surface area contributed by atoms with E-state index in [-0.39, 0.29) is 17.9 Å². The van der Waals surface area contributed by atoms with Crippen LogP contribution in [0.4, 0.5) is 0 Å². The molecule has 2 rings (SSSR count). The largest absolute Gasteiger partial charge is 0.494 e. The highest BCUT2D eigenvalue weighted by Crippen LogP contribution is 2.21. The number of nitrogens with one attached hydrogen (secondary N) is 1. The standard InChI is InChI=1S/C25H33ClN2O3/c1-5-23(25(30)27-18(2)3)28(17-20-9-6-7-10-22(20)26)24(29)11-8-16-31-21-14-12-19(4)13-15-21/h6-7,9-10,12-15,18,23H,5,8,11,16-17H2,1-4H3,(H,27,30). The smallest absolute Gasteiger partial charge is 0.243 e. The molecule has 5 nitrogen and oxygen atoms in total. The first-order chi connectivity index (χ1) is 14.8. The lowest BCUT2D eigenvalue weighted by atomic mass is 10.1.